The van der Waals surface area contributed by atoms with E-state index in [1.54, 1.807) is 0 Å². The van der Waals surface area contributed by atoms with Crippen molar-refractivity contribution in [1.29, 1.82) is 0 Å². The molecule has 0 rings (SSSR count). The van der Waals surface area contributed by atoms with E-state index in [1.807, 2.05) is 6.92 Å². The number of hydrogen-bond acceptors (Lipinski definition) is 3. The molecule has 4 heteroatoms. The molecule has 0 aromatic rings. The number of amides is 1. The second kappa shape index (κ2) is 8.68. The lowest BCUT2D eigenvalue weighted by molar-refractivity contribution is -0.123. The maximum Gasteiger partial charge on any atom is 0.237 e. The largest absolute Gasteiger partial charge is 0.352 e. The van der Waals surface area contributed by atoms with Gasteiger partial charge in [-0.15, -0.1) is 0 Å². The van der Waals surface area contributed by atoms with Gasteiger partial charge in [0.05, 0.1) is 6.04 Å². The Morgan fingerprint density at radius 1 is 1.33 bits per heavy atom. The van der Waals surface area contributed by atoms with Gasteiger partial charge in [0.1, 0.15) is 0 Å². The van der Waals surface area contributed by atoms with E-state index in [2.05, 4.69) is 12.2 Å². The average Bonchev–Trinajstić information content (AvgIpc) is 2.18. The van der Waals surface area contributed by atoms with Crippen LogP contribution < -0.4 is 16.8 Å². The van der Waals surface area contributed by atoms with E-state index in [0.29, 0.717) is 6.54 Å². The first-order chi connectivity index (χ1) is 7.11. The molecule has 0 bridgehead atoms. The molecule has 90 valence electrons. The van der Waals surface area contributed by atoms with Gasteiger partial charge in [0.2, 0.25) is 5.91 Å². The molecule has 0 aromatic heterocycles. The zero-order chi connectivity index (χ0) is 11.7. The van der Waals surface area contributed by atoms with E-state index in [0.717, 1.165) is 32.1 Å². The fraction of sp³-hybridized carbons (Fsp3) is 0.909. The molecule has 0 aromatic carbocycles. The van der Waals surface area contributed by atoms with Crippen molar-refractivity contribution in [3.63, 3.8) is 0 Å². The minimum absolute atomic E-state index is 0.0343. The first kappa shape index (κ1) is 14.4. The van der Waals surface area contributed by atoms with Crippen LogP contribution in [-0.4, -0.2) is 24.5 Å². The maximum atomic E-state index is 11.6. The third-order valence-electron chi connectivity index (χ3n) is 2.42. The second-order valence-corrected chi connectivity index (χ2v) is 4.09. The molecule has 2 atom stereocenters. The molecule has 0 aliphatic carbocycles. The Kier molecular flexibility index (Phi) is 8.33. The van der Waals surface area contributed by atoms with Crippen LogP contribution in [0.1, 0.15) is 46.0 Å². The lowest BCUT2D eigenvalue weighted by Crippen LogP contribution is -2.44. The first-order valence-corrected chi connectivity index (χ1v) is 5.87. The number of hydrogen-bond donors (Lipinski definition) is 3. The van der Waals surface area contributed by atoms with Crippen LogP contribution >= 0.6 is 0 Å². The number of nitrogens with two attached hydrogens (primary N) is 2. The zero-order valence-electron chi connectivity index (χ0n) is 9.96. The topological polar surface area (TPSA) is 81.1 Å². The van der Waals surface area contributed by atoms with Gasteiger partial charge >= 0.3 is 0 Å². The van der Waals surface area contributed by atoms with Crippen LogP contribution in [0, 0.1) is 0 Å². The Hall–Kier alpha value is -0.610. The zero-order valence-corrected chi connectivity index (χ0v) is 9.96. The van der Waals surface area contributed by atoms with Crippen molar-refractivity contribution in [2.75, 3.05) is 6.54 Å². The third-order valence-corrected chi connectivity index (χ3v) is 2.42. The van der Waals surface area contributed by atoms with Crippen molar-refractivity contribution in [1.82, 2.24) is 5.32 Å². The summed E-state index contributed by atoms with van der Waals surface area (Å²) in [5.41, 5.74) is 11.1. The smallest absolute Gasteiger partial charge is 0.237 e. The van der Waals surface area contributed by atoms with E-state index >= 15 is 0 Å². The molecule has 0 fully saturated rings. The fourth-order valence-electron chi connectivity index (χ4n) is 1.49. The molecule has 0 aliphatic heterocycles. The number of nitrogens with one attached hydrogen (secondary N) is 1. The number of unbranched alkanes of at least 4 members (excludes halogenated alkanes) is 1. The highest BCUT2D eigenvalue weighted by atomic mass is 16.2. The lowest BCUT2D eigenvalue weighted by Gasteiger charge is -2.16. The molecule has 15 heavy (non-hydrogen) atoms. The summed E-state index contributed by atoms with van der Waals surface area (Å²) in [7, 11) is 0. The highest BCUT2D eigenvalue weighted by Gasteiger charge is 2.14. The van der Waals surface area contributed by atoms with Crippen LogP contribution in [0.15, 0.2) is 0 Å². The molecule has 1 amide bonds. The quantitative estimate of drug-likeness (QED) is 0.523. The van der Waals surface area contributed by atoms with E-state index in [9.17, 15) is 4.79 Å². The van der Waals surface area contributed by atoms with E-state index in [4.69, 9.17) is 11.5 Å². The van der Waals surface area contributed by atoms with Crippen LogP contribution in [0.25, 0.3) is 0 Å². The van der Waals surface area contributed by atoms with E-state index in [1.165, 1.54) is 0 Å². The Labute approximate surface area is 92.8 Å². The Morgan fingerprint density at radius 3 is 2.53 bits per heavy atom. The monoisotopic (exact) mass is 215 g/mol. The summed E-state index contributed by atoms with van der Waals surface area (Å²) in [6, 6.07) is -0.154. The average molecular weight is 215 g/mol. The van der Waals surface area contributed by atoms with E-state index < -0.39 is 0 Å². The van der Waals surface area contributed by atoms with E-state index in [-0.39, 0.29) is 18.0 Å². The van der Waals surface area contributed by atoms with Gasteiger partial charge in [0, 0.05) is 6.04 Å². The number of rotatable bonds is 8. The van der Waals surface area contributed by atoms with Gasteiger partial charge in [0.15, 0.2) is 0 Å². The summed E-state index contributed by atoms with van der Waals surface area (Å²) < 4.78 is 0. The van der Waals surface area contributed by atoms with Crippen LogP contribution in [0.4, 0.5) is 0 Å². The van der Waals surface area contributed by atoms with Crippen LogP contribution in [0.5, 0.6) is 0 Å². The van der Waals surface area contributed by atoms with Gasteiger partial charge in [-0.25, -0.2) is 0 Å². The molecule has 0 saturated carbocycles. The minimum Gasteiger partial charge on any atom is -0.352 e. The normalized spacial score (nSPS) is 14.7. The predicted molar refractivity (Wildman–Crippen MR) is 63.4 cm³/mol. The predicted octanol–water partition coefficient (Wildman–Crippen LogP) is 0.748. The number of carbonyl (C=O) groups is 1. The Balaban J connectivity index is 3.68. The van der Waals surface area contributed by atoms with Crippen molar-refractivity contribution in [2.24, 2.45) is 11.5 Å². The summed E-state index contributed by atoms with van der Waals surface area (Å²) in [6.07, 6.45) is 4.66. The van der Waals surface area contributed by atoms with Gasteiger partial charge in [-0.05, 0) is 32.7 Å². The van der Waals surface area contributed by atoms with Crippen molar-refractivity contribution in [2.45, 2.75) is 58.0 Å². The van der Waals surface area contributed by atoms with Crippen molar-refractivity contribution in [3.05, 3.63) is 0 Å². The molecule has 0 saturated heterocycles. The Bertz CT molecular complexity index is 173. The summed E-state index contributed by atoms with van der Waals surface area (Å²) >= 11 is 0. The standard InChI is InChI=1S/C11H25N3O/c1-3-6-9(2)14-11(15)10(13)7-4-5-8-12/h9-10H,3-8,12-13H2,1-2H3,(H,14,15). The van der Waals surface area contributed by atoms with Gasteiger partial charge < -0.3 is 16.8 Å². The molecule has 0 aliphatic rings. The summed E-state index contributed by atoms with van der Waals surface area (Å²) in [5.74, 6) is -0.0343. The van der Waals surface area contributed by atoms with Crippen molar-refractivity contribution in [3.8, 4) is 0 Å². The lowest BCUT2D eigenvalue weighted by atomic mass is 10.1. The third kappa shape index (κ3) is 7.33. The minimum atomic E-state index is -0.379. The molecule has 0 heterocycles. The SMILES string of the molecule is CCCC(C)NC(=O)C(N)CCCCN. The maximum absolute atomic E-state index is 11.6. The fourth-order valence-corrected chi connectivity index (χ4v) is 1.49. The molecule has 4 nitrogen and oxygen atoms in total. The molecular formula is C11H25N3O. The van der Waals surface area contributed by atoms with Crippen molar-refractivity contribution >= 4 is 5.91 Å². The molecule has 0 spiro atoms. The molecular weight excluding hydrogens is 190 g/mol. The van der Waals surface area contributed by atoms with Crippen LogP contribution in [-0.2, 0) is 4.79 Å². The number of carbonyl (C=O) groups excluding carboxylic acids is 1. The Morgan fingerprint density at radius 2 is 2.00 bits per heavy atom. The highest BCUT2D eigenvalue weighted by Crippen LogP contribution is 2.00. The first-order valence-electron chi connectivity index (χ1n) is 5.87. The van der Waals surface area contributed by atoms with Gasteiger partial charge in [-0.3, -0.25) is 4.79 Å². The summed E-state index contributed by atoms with van der Waals surface area (Å²) in [6.45, 7) is 4.78. The molecule has 5 N–H and O–H groups in total. The van der Waals surface area contributed by atoms with Gasteiger partial charge in [0.25, 0.3) is 0 Å². The van der Waals surface area contributed by atoms with Crippen molar-refractivity contribution < 1.29 is 4.79 Å². The summed E-state index contributed by atoms with van der Waals surface area (Å²) in [5, 5.41) is 2.91. The highest BCUT2D eigenvalue weighted by molar-refractivity contribution is 5.81. The van der Waals surface area contributed by atoms with Crippen LogP contribution in [0.3, 0.4) is 0 Å². The second-order valence-electron chi connectivity index (χ2n) is 4.09. The van der Waals surface area contributed by atoms with Crippen LogP contribution in [0.2, 0.25) is 0 Å². The van der Waals surface area contributed by atoms with Gasteiger partial charge in [-0.2, -0.15) is 0 Å². The molecule has 0 radical (unpaired) electrons. The molecule has 2 unspecified atom stereocenters. The summed E-state index contributed by atoms with van der Waals surface area (Å²) in [4.78, 5) is 11.6. The van der Waals surface area contributed by atoms with Gasteiger partial charge in [-0.1, -0.05) is 19.8 Å².